The summed E-state index contributed by atoms with van der Waals surface area (Å²) in [5.74, 6) is -1.09. The Kier molecular flexibility index (Phi) is 6.04. The van der Waals surface area contributed by atoms with Crippen LogP contribution in [-0.4, -0.2) is 36.3 Å². The predicted octanol–water partition coefficient (Wildman–Crippen LogP) is 3.87. The SMILES string of the molecule is Cc1ccc(Cl)c2sc(=NC(=O)C3CCN(S(=O)(=O)c4ccc(F)cc4)CC3)n(C)c12. The number of rotatable bonds is 3. The molecule has 0 N–H and O–H groups in total. The fourth-order valence-corrected chi connectivity index (χ4v) is 6.64. The number of aromatic nitrogens is 1. The van der Waals surface area contributed by atoms with Gasteiger partial charge in [-0.15, -0.1) is 0 Å². The topological polar surface area (TPSA) is 71.7 Å². The van der Waals surface area contributed by atoms with Crippen molar-refractivity contribution in [3.63, 3.8) is 0 Å². The third-order valence-corrected chi connectivity index (χ3v) is 9.07. The summed E-state index contributed by atoms with van der Waals surface area (Å²) in [4.78, 5) is 17.8. The number of amides is 1. The highest BCUT2D eigenvalue weighted by Gasteiger charge is 2.32. The third kappa shape index (κ3) is 4.19. The van der Waals surface area contributed by atoms with Crippen molar-refractivity contribution >= 4 is 49.1 Å². The first kappa shape index (κ1) is 22.1. The highest BCUT2D eigenvalue weighted by atomic mass is 35.5. The summed E-state index contributed by atoms with van der Waals surface area (Å²) in [6, 6.07) is 8.53. The van der Waals surface area contributed by atoms with Crippen molar-refractivity contribution in [1.29, 1.82) is 0 Å². The second-order valence-electron chi connectivity index (χ2n) is 7.57. The van der Waals surface area contributed by atoms with E-state index >= 15 is 0 Å². The van der Waals surface area contributed by atoms with Gasteiger partial charge in [-0.25, -0.2) is 12.8 Å². The van der Waals surface area contributed by atoms with Gasteiger partial charge in [-0.2, -0.15) is 9.30 Å². The van der Waals surface area contributed by atoms with Gasteiger partial charge in [0.25, 0.3) is 5.91 Å². The van der Waals surface area contributed by atoms with Crippen molar-refractivity contribution < 1.29 is 17.6 Å². The summed E-state index contributed by atoms with van der Waals surface area (Å²) < 4.78 is 42.7. The minimum atomic E-state index is -3.71. The number of aryl methyl sites for hydroxylation is 2. The van der Waals surface area contributed by atoms with Crippen LogP contribution in [0.5, 0.6) is 0 Å². The molecule has 0 aliphatic carbocycles. The van der Waals surface area contributed by atoms with Crippen LogP contribution in [0.1, 0.15) is 18.4 Å². The number of hydrogen-bond acceptors (Lipinski definition) is 4. The molecule has 1 fully saturated rings. The zero-order valence-electron chi connectivity index (χ0n) is 17.0. The number of carbonyl (C=O) groups excluding carboxylic acids is 1. The summed E-state index contributed by atoms with van der Waals surface area (Å²) in [7, 11) is -1.86. The van der Waals surface area contributed by atoms with Crippen LogP contribution in [0, 0.1) is 18.7 Å². The quantitative estimate of drug-likeness (QED) is 0.570. The molecule has 0 saturated carbocycles. The Morgan fingerprint density at radius 2 is 1.81 bits per heavy atom. The third-order valence-electron chi connectivity index (χ3n) is 5.56. The van der Waals surface area contributed by atoms with Crippen LogP contribution in [0.15, 0.2) is 46.3 Å². The largest absolute Gasteiger partial charge is 0.319 e. The van der Waals surface area contributed by atoms with Gasteiger partial charge in [0.1, 0.15) is 5.82 Å². The van der Waals surface area contributed by atoms with Crippen LogP contribution in [0.2, 0.25) is 5.02 Å². The molecule has 0 spiro atoms. The number of nitrogens with zero attached hydrogens (tertiary/aromatic N) is 3. The first-order chi connectivity index (χ1) is 14.7. The van der Waals surface area contributed by atoms with E-state index in [1.165, 1.54) is 27.8 Å². The molecule has 0 unspecified atom stereocenters. The lowest BCUT2D eigenvalue weighted by molar-refractivity contribution is -0.122. The molecule has 0 bridgehead atoms. The highest BCUT2D eigenvalue weighted by Crippen LogP contribution is 2.29. The molecule has 31 heavy (non-hydrogen) atoms. The maximum absolute atomic E-state index is 13.1. The Bertz CT molecular complexity index is 1320. The van der Waals surface area contributed by atoms with Gasteiger partial charge in [-0.1, -0.05) is 29.0 Å². The van der Waals surface area contributed by atoms with Crippen LogP contribution in [0.3, 0.4) is 0 Å². The van der Waals surface area contributed by atoms with Crippen molar-refractivity contribution in [2.75, 3.05) is 13.1 Å². The standard InChI is InChI=1S/C21H21ClFN3O3S2/c1-13-3-8-17(22)19-18(13)25(2)21(30-19)24-20(27)14-9-11-26(12-10-14)31(28,29)16-6-4-15(23)5-7-16/h3-8,14H,9-12H2,1-2H3. The smallest absolute Gasteiger partial charge is 0.251 e. The fourth-order valence-electron chi connectivity index (χ4n) is 3.80. The Labute approximate surface area is 188 Å². The maximum Gasteiger partial charge on any atom is 0.251 e. The molecule has 3 aromatic rings. The molecular weight excluding hydrogens is 461 g/mol. The lowest BCUT2D eigenvalue weighted by atomic mass is 9.98. The lowest BCUT2D eigenvalue weighted by Crippen LogP contribution is -2.40. The predicted molar refractivity (Wildman–Crippen MR) is 119 cm³/mol. The minimum Gasteiger partial charge on any atom is -0.319 e. The lowest BCUT2D eigenvalue weighted by Gasteiger charge is -2.29. The van der Waals surface area contributed by atoms with Crippen LogP contribution in [-0.2, 0) is 21.9 Å². The van der Waals surface area contributed by atoms with E-state index in [1.807, 2.05) is 30.7 Å². The molecule has 0 atom stereocenters. The van der Waals surface area contributed by atoms with Crippen LogP contribution >= 0.6 is 22.9 Å². The van der Waals surface area contributed by atoms with Gasteiger partial charge in [0.2, 0.25) is 10.0 Å². The molecule has 1 aromatic heterocycles. The molecular formula is C21H21ClFN3O3S2. The van der Waals surface area contributed by atoms with Crippen molar-refractivity contribution in [1.82, 2.24) is 8.87 Å². The molecule has 1 aliphatic heterocycles. The Hall–Kier alpha value is -2.07. The zero-order chi connectivity index (χ0) is 22.3. The monoisotopic (exact) mass is 481 g/mol. The maximum atomic E-state index is 13.1. The molecule has 164 valence electrons. The zero-order valence-corrected chi connectivity index (χ0v) is 19.4. The molecule has 2 heterocycles. The summed E-state index contributed by atoms with van der Waals surface area (Å²) in [6.45, 7) is 2.42. The number of fused-ring (bicyclic) bond motifs is 1. The van der Waals surface area contributed by atoms with E-state index < -0.39 is 15.8 Å². The van der Waals surface area contributed by atoms with E-state index in [1.54, 1.807) is 0 Å². The summed E-state index contributed by atoms with van der Waals surface area (Å²) in [5, 5.41) is 0.620. The normalized spacial score (nSPS) is 16.8. The van der Waals surface area contributed by atoms with E-state index in [9.17, 15) is 17.6 Å². The molecule has 10 heteroatoms. The number of piperidine rings is 1. The average Bonchev–Trinajstić information content (AvgIpc) is 3.08. The van der Waals surface area contributed by atoms with Crippen LogP contribution in [0.25, 0.3) is 10.2 Å². The van der Waals surface area contributed by atoms with Crippen molar-refractivity contribution in [3.05, 3.63) is 57.6 Å². The number of benzene rings is 2. The number of sulfonamides is 1. The Morgan fingerprint density at radius 1 is 1.16 bits per heavy atom. The van der Waals surface area contributed by atoms with Crippen molar-refractivity contribution in [2.24, 2.45) is 18.0 Å². The van der Waals surface area contributed by atoms with Gasteiger partial charge in [-0.05, 0) is 55.7 Å². The number of halogens is 2. The Morgan fingerprint density at radius 3 is 2.42 bits per heavy atom. The molecule has 6 nitrogen and oxygen atoms in total. The molecule has 0 radical (unpaired) electrons. The summed E-state index contributed by atoms with van der Waals surface area (Å²) >= 11 is 7.67. The fraction of sp³-hybridized carbons (Fsp3) is 0.333. The van der Waals surface area contributed by atoms with E-state index in [2.05, 4.69) is 4.99 Å². The number of hydrogen-bond donors (Lipinski definition) is 0. The van der Waals surface area contributed by atoms with E-state index in [4.69, 9.17) is 11.6 Å². The van der Waals surface area contributed by atoms with Gasteiger partial charge >= 0.3 is 0 Å². The van der Waals surface area contributed by atoms with Crippen molar-refractivity contribution in [2.45, 2.75) is 24.7 Å². The van der Waals surface area contributed by atoms with Gasteiger partial charge < -0.3 is 4.57 Å². The molecule has 1 saturated heterocycles. The highest BCUT2D eigenvalue weighted by molar-refractivity contribution is 7.89. The molecule has 4 rings (SSSR count). The van der Waals surface area contributed by atoms with Gasteiger partial charge in [0, 0.05) is 26.1 Å². The first-order valence-electron chi connectivity index (χ1n) is 9.77. The Balaban J connectivity index is 1.52. The van der Waals surface area contributed by atoms with Gasteiger partial charge in [0.05, 0.1) is 20.1 Å². The number of thiazole rings is 1. The number of carbonyl (C=O) groups is 1. The van der Waals surface area contributed by atoms with Gasteiger partial charge in [-0.3, -0.25) is 4.79 Å². The molecule has 1 aliphatic rings. The van der Waals surface area contributed by atoms with E-state index in [-0.39, 0.29) is 29.8 Å². The summed E-state index contributed by atoms with van der Waals surface area (Å²) in [6.07, 6.45) is 0.772. The first-order valence-corrected chi connectivity index (χ1v) is 12.4. The average molecular weight is 482 g/mol. The van der Waals surface area contributed by atoms with E-state index in [0.717, 1.165) is 27.9 Å². The minimum absolute atomic E-state index is 0.0490. The second kappa shape index (κ2) is 8.46. The van der Waals surface area contributed by atoms with Crippen LogP contribution < -0.4 is 4.80 Å². The van der Waals surface area contributed by atoms with Crippen LogP contribution in [0.4, 0.5) is 4.39 Å². The van der Waals surface area contributed by atoms with E-state index in [0.29, 0.717) is 22.7 Å². The van der Waals surface area contributed by atoms with Crippen molar-refractivity contribution in [3.8, 4) is 0 Å². The molecule has 1 amide bonds. The van der Waals surface area contributed by atoms with Gasteiger partial charge in [0.15, 0.2) is 4.80 Å². The molecule has 2 aromatic carbocycles. The second-order valence-corrected chi connectivity index (χ2v) is 10.9. The summed E-state index contributed by atoms with van der Waals surface area (Å²) in [5.41, 5.74) is 2.00.